The van der Waals surface area contributed by atoms with Crippen molar-refractivity contribution >= 4 is 19.8 Å². The van der Waals surface area contributed by atoms with Gasteiger partial charge in [0.2, 0.25) is 0 Å². The number of rotatable bonds is 66. The Morgan fingerprint density at radius 1 is 0.364 bits per heavy atom. The smallest absolute Gasteiger partial charge is 0.306 e. The molecule has 0 aromatic carbocycles. The van der Waals surface area contributed by atoms with E-state index in [2.05, 4.69) is 135 Å². The lowest BCUT2D eigenvalue weighted by Crippen LogP contribution is -2.37. The third-order valence-electron chi connectivity index (χ3n) is 15.5. The summed E-state index contributed by atoms with van der Waals surface area (Å²) in [6, 6.07) is 0. The first kappa shape index (κ1) is 84.4. The lowest BCUT2D eigenvalue weighted by molar-refractivity contribution is -0.870. The number of hydrogen-bond acceptors (Lipinski definition) is 8. The Hall–Kier alpha value is -3.59. The number of allylic oxidation sites excluding steroid dienone is 20. The summed E-state index contributed by atoms with van der Waals surface area (Å²) in [5, 5.41) is 0. The molecule has 0 amide bonds. The molecule has 0 fully saturated rings. The Labute approximate surface area is 543 Å². The molecule has 0 N–H and O–H groups in total. The van der Waals surface area contributed by atoms with Crippen LogP contribution in [0.5, 0.6) is 0 Å². The number of unbranched alkanes of at least 4 members (excludes halogenated alkanes) is 32. The predicted octanol–water partition coefficient (Wildman–Crippen LogP) is 23.2. The van der Waals surface area contributed by atoms with Crippen molar-refractivity contribution in [2.75, 3.05) is 47.5 Å². The highest BCUT2D eigenvalue weighted by Gasteiger charge is 2.22. The summed E-state index contributed by atoms with van der Waals surface area (Å²) in [5.74, 6) is -0.859. The highest BCUT2D eigenvalue weighted by Crippen LogP contribution is 2.38. The molecule has 0 aliphatic rings. The van der Waals surface area contributed by atoms with E-state index >= 15 is 0 Å². The van der Waals surface area contributed by atoms with Crippen molar-refractivity contribution in [2.45, 2.75) is 315 Å². The van der Waals surface area contributed by atoms with E-state index in [9.17, 15) is 19.0 Å². The molecule has 0 saturated heterocycles. The number of likely N-dealkylation sites (N-methyl/N-ethyl adjacent to an activating group) is 1. The first-order valence-electron chi connectivity index (χ1n) is 36.2. The number of carbonyl (C=O) groups is 2. The molecular weight excluding hydrogens is 1110 g/mol. The Kier molecular flexibility index (Phi) is 65.0. The molecule has 10 heteroatoms. The van der Waals surface area contributed by atoms with Crippen molar-refractivity contribution in [2.24, 2.45) is 0 Å². The number of quaternary nitrogens is 1. The van der Waals surface area contributed by atoms with Crippen LogP contribution in [0.25, 0.3) is 0 Å². The van der Waals surface area contributed by atoms with Crippen molar-refractivity contribution in [3.8, 4) is 0 Å². The zero-order valence-corrected chi connectivity index (χ0v) is 58.5. The second-order valence-electron chi connectivity index (χ2n) is 25.2. The Morgan fingerprint density at radius 3 is 0.966 bits per heavy atom. The molecule has 0 aromatic rings. The summed E-state index contributed by atoms with van der Waals surface area (Å²) in [5.41, 5.74) is 0. The number of esters is 2. The summed E-state index contributed by atoms with van der Waals surface area (Å²) in [7, 11) is 1.14. The van der Waals surface area contributed by atoms with Crippen LogP contribution in [0, 0.1) is 0 Å². The van der Waals surface area contributed by atoms with Gasteiger partial charge in [0.15, 0.2) is 6.10 Å². The molecule has 0 spiro atoms. The van der Waals surface area contributed by atoms with Gasteiger partial charge in [-0.2, -0.15) is 0 Å². The van der Waals surface area contributed by atoms with Crippen molar-refractivity contribution in [1.82, 2.24) is 0 Å². The number of ether oxygens (including phenoxy) is 2. The highest BCUT2D eigenvalue weighted by molar-refractivity contribution is 7.45. The van der Waals surface area contributed by atoms with Crippen molar-refractivity contribution in [3.05, 3.63) is 122 Å². The van der Waals surface area contributed by atoms with Crippen LogP contribution in [0.1, 0.15) is 309 Å². The third kappa shape index (κ3) is 71.5. The van der Waals surface area contributed by atoms with E-state index in [1.165, 1.54) is 173 Å². The van der Waals surface area contributed by atoms with Gasteiger partial charge in [0.25, 0.3) is 7.82 Å². The molecule has 0 saturated carbocycles. The number of carbonyl (C=O) groups excluding carboxylic acids is 2. The van der Waals surface area contributed by atoms with Crippen LogP contribution in [0.3, 0.4) is 0 Å². The Bertz CT molecular complexity index is 1900. The molecule has 2 unspecified atom stereocenters. The molecule has 0 aliphatic carbocycles. The molecule has 9 nitrogen and oxygen atoms in total. The SMILES string of the molecule is CC/C=C\C/C=C\C/C=C\C/C=C\C/C=C\C/C=C\C/C=C\C/C=C\CCCCCCC(=O)OC(COC(=O)CCCCCCCCCCCCCCCCCCCCCCCCC/C=C\C/C=C\CCCCCCC)COP(=O)([O-])OCC[N+](C)(C)C. The maximum absolute atomic E-state index is 12.9. The topological polar surface area (TPSA) is 111 Å². The third-order valence-corrected chi connectivity index (χ3v) is 16.4. The standard InChI is InChI=1S/C78H136NO8P/c1-6-8-10-12-14-16-18-20-22-24-26-28-30-32-34-36-37-38-39-40-41-43-44-46-48-50-52-54-56-58-60-62-64-66-68-70-77(80)84-74-76(75-86-88(82,83)85-73-72-79(3,4)5)87-78(81)71-69-67-65-63-61-59-57-55-53-51-49-47-45-42-35-33-31-29-27-25-23-21-19-17-15-13-11-9-7-2/h9,11,15,17-18,20-21,23-24,26-27,29,33,35,45,47,51,53,57,59,76H,6-8,10,12-14,16,19,22,25,28,30-32,34,36-44,46,48-50,52,54-56,58,60-75H2,1-5H3/b11-9-,17-15-,20-18-,23-21-,26-24-,29-27-,35-33-,47-45-,53-51-,59-57-. The van der Waals surface area contributed by atoms with Gasteiger partial charge in [-0.25, -0.2) is 0 Å². The Morgan fingerprint density at radius 2 is 0.648 bits per heavy atom. The molecule has 0 radical (unpaired) electrons. The number of phosphoric ester groups is 1. The lowest BCUT2D eigenvalue weighted by atomic mass is 10.0. The fraction of sp³-hybridized carbons (Fsp3) is 0.718. The van der Waals surface area contributed by atoms with Crippen LogP contribution in [0.2, 0.25) is 0 Å². The van der Waals surface area contributed by atoms with Crippen LogP contribution in [0.4, 0.5) is 0 Å². The zero-order valence-electron chi connectivity index (χ0n) is 57.6. The van der Waals surface area contributed by atoms with E-state index < -0.39 is 26.5 Å². The van der Waals surface area contributed by atoms with Gasteiger partial charge in [-0.3, -0.25) is 14.2 Å². The molecule has 506 valence electrons. The predicted molar refractivity (Wildman–Crippen MR) is 378 cm³/mol. The first-order valence-corrected chi connectivity index (χ1v) is 37.7. The average molecular weight is 1250 g/mol. The average Bonchev–Trinajstić information content (AvgIpc) is 3.68. The summed E-state index contributed by atoms with van der Waals surface area (Å²) in [6.45, 7) is 4.10. The van der Waals surface area contributed by atoms with E-state index in [4.69, 9.17) is 18.5 Å². The van der Waals surface area contributed by atoms with Gasteiger partial charge in [0.1, 0.15) is 19.8 Å². The zero-order chi connectivity index (χ0) is 64.1. The fourth-order valence-corrected chi connectivity index (χ4v) is 10.7. The summed E-state index contributed by atoms with van der Waals surface area (Å²) in [6.07, 6.45) is 97.2. The van der Waals surface area contributed by atoms with E-state index in [1.54, 1.807) is 0 Å². The normalized spacial score (nSPS) is 13.8. The van der Waals surface area contributed by atoms with Crippen LogP contribution >= 0.6 is 7.82 Å². The van der Waals surface area contributed by atoms with Crippen molar-refractivity contribution in [1.29, 1.82) is 0 Å². The maximum atomic E-state index is 12.9. The summed E-state index contributed by atoms with van der Waals surface area (Å²) >= 11 is 0. The van der Waals surface area contributed by atoms with Gasteiger partial charge in [0, 0.05) is 12.8 Å². The van der Waals surface area contributed by atoms with E-state index in [-0.39, 0.29) is 32.0 Å². The van der Waals surface area contributed by atoms with E-state index in [0.29, 0.717) is 17.4 Å². The lowest BCUT2D eigenvalue weighted by Gasteiger charge is -2.28. The van der Waals surface area contributed by atoms with Crippen LogP contribution in [-0.4, -0.2) is 70.0 Å². The number of nitrogens with zero attached hydrogens (tertiary/aromatic N) is 1. The molecule has 0 rings (SSSR count). The monoisotopic (exact) mass is 1250 g/mol. The quantitative estimate of drug-likeness (QED) is 0.0195. The largest absolute Gasteiger partial charge is 0.756 e. The summed E-state index contributed by atoms with van der Waals surface area (Å²) < 4.78 is 34.3. The van der Waals surface area contributed by atoms with Gasteiger partial charge >= 0.3 is 11.9 Å². The molecule has 0 aromatic heterocycles. The van der Waals surface area contributed by atoms with E-state index in [0.717, 1.165) is 103 Å². The fourth-order valence-electron chi connectivity index (χ4n) is 9.94. The van der Waals surface area contributed by atoms with Crippen LogP contribution < -0.4 is 4.89 Å². The number of hydrogen-bond donors (Lipinski definition) is 0. The number of phosphoric acid groups is 1. The molecule has 0 heterocycles. The minimum absolute atomic E-state index is 0.0411. The van der Waals surface area contributed by atoms with Gasteiger partial charge in [-0.05, 0) is 109 Å². The van der Waals surface area contributed by atoms with Crippen LogP contribution in [0.15, 0.2) is 122 Å². The van der Waals surface area contributed by atoms with Crippen LogP contribution in [-0.2, 0) is 32.7 Å². The van der Waals surface area contributed by atoms with Crippen molar-refractivity contribution < 1.29 is 42.1 Å². The van der Waals surface area contributed by atoms with Gasteiger partial charge in [-0.15, -0.1) is 0 Å². The first-order chi connectivity index (χ1) is 43.0. The minimum atomic E-state index is -4.66. The maximum Gasteiger partial charge on any atom is 0.306 e. The van der Waals surface area contributed by atoms with Gasteiger partial charge in [0.05, 0.1) is 27.7 Å². The molecule has 0 bridgehead atoms. The molecule has 2 atom stereocenters. The second-order valence-corrected chi connectivity index (χ2v) is 26.6. The second kappa shape index (κ2) is 67.8. The van der Waals surface area contributed by atoms with Gasteiger partial charge in [-0.1, -0.05) is 309 Å². The highest BCUT2D eigenvalue weighted by atomic mass is 31.2. The summed E-state index contributed by atoms with van der Waals surface area (Å²) in [4.78, 5) is 38.1. The molecule has 0 aliphatic heterocycles. The molecular formula is C78H136NO8P. The van der Waals surface area contributed by atoms with E-state index in [1.807, 2.05) is 21.1 Å². The minimum Gasteiger partial charge on any atom is -0.756 e. The molecule has 88 heavy (non-hydrogen) atoms. The van der Waals surface area contributed by atoms with Gasteiger partial charge < -0.3 is 27.9 Å². The van der Waals surface area contributed by atoms with Crippen molar-refractivity contribution in [3.63, 3.8) is 0 Å². The Balaban J connectivity index is 4.07.